The van der Waals surface area contributed by atoms with Crippen LogP contribution in [-0.2, 0) is 14.3 Å². The summed E-state index contributed by atoms with van der Waals surface area (Å²) in [6, 6.07) is 8.71. The number of phenolic OH excluding ortho intramolecular Hbond substituents is 1. The molecule has 0 radical (unpaired) electrons. The summed E-state index contributed by atoms with van der Waals surface area (Å²) in [4.78, 5) is 8.00. The van der Waals surface area contributed by atoms with Crippen LogP contribution in [0.3, 0.4) is 0 Å². The molecule has 2 aliphatic heterocycles. The molecular formula is C12H18O4. The summed E-state index contributed by atoms with van der Waals surface area (Å²) < 4.78 is 9.21. The molecule has 0 saturated carbocycles. The van der Waals surface area contributed by atoms with Gasteiger partial charge in [0.2, 0.25) is 0 Å². The SMILES string of the molecule is C1CO1.C=O.CC1CO1.Oc1ccccc1. The molecule has 90 valence electrons. The Labute approximate surface area is 95.8 Å². The summed E-state index contributed by atoms with van der Waals surface area (Å²) in [6.45, 7) is 7.04. The second-order valence-electron chi connectivity index (χ2n) is 3.09. The van der Waals surface area contributed by atoms with Gasteiger partial charge in [0, 0.05) is 0 Å². The first-order chi connectivity index (χ1) is 7.79. The Morgan fingerprint density at radius 2 is 1.62 bits per heavy atom. The molecule has 4 nitrogen and oxygen atoms in total. The zero-order valence-electron chi connectivity index (χ0n) is 9.46. The van der Waals surface area contributed by atoms with Gasteiger partial charge >= 0.3 is 0 Å². The van der Waals surface area contributed by atoms with Crippen molar-refractivity contribution < 1.29 is 19.4 Å². The van der Waals surface area contributed by atoms with Crippen molar-refractivity contribution in [2.45, 2.75) is 13.0 Å². The van der Waals surface area contributed by atoms with E-state index in [2.05, 4.69) is 11.7 Å². The maximum atomic E-state index is 8.63. The van der Waals surface area contributed by atoms with E-state index in [1.165, 1.54) is 0 Å². The minimum absolute atomic E-state index is 0.322. The van der Waals surface area contributed by atoms with Crippen molar-refractivity contribution in [1.82, 2.24) is 0 Å². The normalized spacial score (nSPS) is 18.4. The lowest BCUT2D eigenvalue weighted by Crippen LogP contribution is -1.60. The molecule has 16 heavy (non-hydrogen) atoms. The number of carbonyl (C=O) groups excluding carboxylic acids is 1. The van der Waals surface area contributed by atoms with Crippen molar-refractivity contribution >= 4 is 6.79 Å². The van der Waals surface area contributed by atoms with Crippen LogP contribution in [0.2, 0.25) is 0 Å². The van der Waals surface area contributed by atoms with Crippen molar-refractivity contribution in [1.29, 1.82) is 0 Å². The van der Waals surface area contributed by atoms with Crippen LogP contribution in [0.1, 0.15) is 6.92 Å². The van der Waals surface area contributed by atoms with Gasteiger partial charge in [0.25, 0.3) is 0 Å². The lowest BCUT2D eigenvalue weighted by atomic mass is 10.3. The van der Waals surface area contributed by atoms with Gasteiger partial charge in [-0.2, -0.15) is 0 Å². The lowest BCUT2D eigenvalue weighted by Gasteiger charge is -1.82. The molecule has 2 saturated heterocycles. The second kappa shape index (κ2) is 10.1. The van der Waals surface area contributed by atoms with E-state index in [1.54, 1.807) is 24.3 Å². The average molecular weight is 226 g/mol. The van der Waals surface area contributed by atoms with Gasteiger partial charge in [-0.1, -0.05) is 18.2 Å². The van der Waals surface area contributed by atoms with Crippen molar-refractivity contribution in [3.63, 3.8) is 0 Å². The van der Waals surface area contributed by atoms with E-state index in [1.807, 2.05) is 12.9 Å². The molecule has 1 aromatic rings. The molecule has 1 unspecified atom stereocenters. The van der Waals surface area contributed by atoms with E-state index in [-0.39, 0.29) is 0 Å². The Bertz CT molecular complexity index is 242. The maximum absolute atomic E-state index is 8.63. The van der Waals surface area contributed by atoms with Gasteiger partial charge in [0.1, 0.15) is 12.5 Å². The number of phenols is 1. The molecule has 1 atom stereocenters. The molecular weight excluding hydrogens is 208 g/mol. The summed E-state index contributed by atoms with van der Waals surface area (Å²) in [7, 11) is 0. The fourth-order valence-electron chi connectivity index (χ4n) is 0.524. The molecule has 1 N–H and O–H groups in total. The summed E-state index contributed by atoms with van der Waals surface area (Å²) >= 11 is 0. The van der Waals surface area contributed by atoms with Crippen molar-refractivity contribution in [3.8, 4) is 5.75 Å². The standard InChI is InChI=1S/C6H6O.C3H6O.C2H4O.CH2O/c7-6-4-2-1-3-5-6;1-3-2-4-3;1-2-3-1;1-2/h1-5,7H;3H,2H2,1H3;1-2H2;1H2. The molecule has 0 spiro atoms. The largest absolute Gasteiger partial charge is 0.508 e. The third-order valence-corrected chi connectivity index (χ3v) is 1.46. The molecule has 2 fully saturated rings. The molecule has 2 aliphatic rings. The number of epoxide rings is 2. The molecule has 1 aromatic carbocycles. The van der Waals surface area contributed by atoms with Crippen LogP contribution in [0.4, 0.5) is 0 Å². The average Bonchev–Trinajstić information content (AvgIpc) is 3.18. The highest BCUT2D eigenvalue weighted by atomic mass is 16.6. The van der Waals surface area contributed by atoms with E-state index in [9.17, 15) is 0 Å². The predicted molar refractivity (Wildman–Crippen MR) is 61.5 cm³/mol. The number of carbonyl (C=O) groups is 1. The number of hydrogen-bond acceptors (Lipinski definition) is 4. The van der Waals surface area contributed by atoms with Crippen LogP contribution in [0, 0.1) is 0 Å². The zero-order chi connectivity index (χ0) is 12.2. The highest BCUT2D eigenvalue weighted by Gasteiger charge is 2.13. The quantitative estimate of drug-likeness (QED) is 0.683. The fourth-order valence-corrected chi connectivity index (χ4v) is 0.524. The monoisotopic (exact) mass is 226 g/mol. The summed E-state index contributed by atoms with van der Waals surface area (Å²) in [5.41, 5.74) is 0. The van der Waals surface area contributed by atoms with Crippen molar-refractivity contribution in [2.75, 3.05) is 19.8 Å². The Morgan fingerprint density at radius 1 is 1.25 bits per heavy atom. The van der Waals surface area contributed by atoms with Gasteiger partial charge in [-0.25, -0.2) is 0 Å². The topological polar surface area (TPSA) is 62.4 Å². The minimum atomic E-state index is 0.322. The third kappa shape index (κ3) is 15.1. The van der Waals surface area contributed by atoms with Gasteiger partial charge in [-0.05, 0) is 19.1 Å². The highest BCUT2D eigenvalue weighted by molar-refractivity contribution is 5.18. The number of para-hydroxylation sites is 1. The molecule has 0 aliphatic carbocycles. The first-order valence-corrected chi connectivity index (χ1v) is 5.01. The van der Waals surface area contributed by atoms with Gasteiger partial charge in [0.05, 0.1) is 25.9 Å². The first-order valence-electron chi connectivity index (χ1n) is 5.01. The molecule has 4 heteroatoms. The Kier molecular flexibility index (Phi) is 9.26. The molecule has 2 heterocycles. The van der Waals surface area contributed by atoms with Crippen molar-refractivity contribution in [2.24, 2.45) is 0 Å². The lowest BCUT2D eigenvalue weighted by molar-refractivity contribution is -0.0979. The highest BCUT2D eigenvalue weighted by Crippen LogP contribution is 2.04. The fraction of sp³-hybridized carbons (Fsp3) is 0.417. The number of ether oxygens (including phenoxy) is 2. The number of benzene rings is 1. The molecule has 0 bridgehead atoms. The number of hydrogen-bond donors (Lipinski definition) is 1. The summed E-state index contributed by atoms with van der Waals surface area (Å²) in [5.74, 6) is 0.322. The third-order valence-electron chi connectivity index (χ3n) is 1.46. The van der Waals surface area contributed by atoms with Crippen molar-refractivity contribution in [3.05, 3.63) is 30.3 Å². The summed E-state index contributed by atoms with van der Waals surface area (Å²) in [6.07, 6.45) is 0.583. The van der Waals surface area contributed by atoms with Gasteiger partial charge < -0.3 is 19.4 Å². The first kappa shape index (κ1) is 14.6. The summed E-state index contributed by atoms with van der Waals surface area (Å²) in [5, 5.41) is 8.63. The Balaban J connectivity index is 0.000000212. The predicted octanol–water partition coefficient (Wildman–Crippen LogP) is 1.63. The second-order valence-corrected chi connectivity index (χ2v) is 3.09. The van der Waals surface area contributed by atoms with E-state index in [0.29, 0.717) is 11.9 Å². The van der Waals surface area contributed by atoms with Crippen LogP contribution >= 0.6 is 0 Å². The maximum Gasteiger partial charge on any atom is 0.115 e. The van der Waals surface area contributed by atoms with Gasteiger partial charge in [-0.3, -0.25) is 0 Å². The van der Waals surface area contributed by atoms with E-state index in [4.69, 9.17) is 14.6 Å². The van der Waals surface area contributed by atoms with Crippen LogP contribution in [0.15, 0.2) is 30.3 Å². The van der Waals surface area contributed by atoms with Crippen LogP contribution in [0.5, 0.6) is 5.75 Å². The molecule has 0 aromatic heterocycles. The Morgan fingerprint density at radius 3 is 1.75 bits per heavy atom. The smallest absolute Gasteiger partial charge is 0.115 e. The Hall–Kier alpha value is -1.39. The van der Waals surface area contributed by atoms with Crippen LogP contribution in [0.25, 0.3) is 0 Å². The van der Waals surface area contributed by atoms with Crippen LogP contribution < -0.4 is 0 Å². The van der Waals surface area contributed by atoms with E-state index >= 15 is 0 Å². The minimum Gasteiger partial charge on any atom is -0.508 e. The number of aromatic hydroxyl groups is 1. The number of rotatable bonds is 0. The van der Waals surface area contributed by atoms with Crippen LogP contribution in [-0.4, -0.2) is 37.8 Å². The van der Waals surface area contributed by atoms with Gasteiger partial charge in [-0.15, -0.1) is 0 Å². The molecule has 3 rings (SSSR count). The zero-order valence-corrected chi connectivity index (χ0v) is 9.46. The van der Waals surface area contributed by atoms with Gasteiger partial charge in [0.15, 0.2) is 0 Å². The molecule has 0 amide bonds. The van der Waals surface area contributed by atoms with E-state index in [0.717, 1.165) is 19.8 Å². The van der Waals surface area contributed by atoms with E-state index < -0.39 is 0 Å².